The normalized spacial score (nSPS) is 30.5. The maximum Gasteiger partial charge on any atom is 0.243 e. The fraction of sp³-hybridized carbons (Fsp3) is 0.929. The molecule has 0 saturated carbocycles. The molecule has 1 aliphatic rings. The molecule has 0 aliphatic carbocycles. The molecule has 0 spiro atoms. The van der Waals surface area contributed by atoms with Crippen LogP contribution in [0.1, 0.15) is 54.9 Å². The zero-order chi connectivity index (χ0) is 13.4. The van der Waals surface area contributed by atoms with Crippen LogP contribution in [0.3, 0.4) is 0 Å². The molecule has 1 rings (SSSR count). The Morgan fingerprint density at radius 1 is 1.41 bits per heavy atom. The number of rotatable bonds is 3. The monoisotopic (exact) mass is 240 g/mol. The molecule has 0 bridgehead atoms. The molecule has 3 nitrogen and oxygen atoms in total. The SMILES string of the molecule is CCC1(C)NC(C(C)C)N(CC(C)(C)C)C1=O. The Kier molecular flexibility index (Phi) is 3.92. The van der Waals surface area contributed by atoms with Crippen LogP contribution in [-0.2, 0) is 4.79 Å². The maximum absolute atomic E-state index is 12.5. The summed E-state index contributed by atoms with van der Waals surface area (Å²) in [4.78, 5) is 14.6. The van der Waals surface area contributed by atoms with Crippen LogP contribution in [0.2, 0.25) is 0 Å². The zero-order valence-corrected chi connectivity index (χ0v) is 12.4. The van der Waals surface area contributed by atoms with Crippen molar-refractivity contribution in [1.82, 2.24) is 10.2 Å². The number of carbonyl (C=O) groups excluding carboxylic acids is 1. The topological polar surface area (TPSA) is 32.3 Å². The van der Waals surface area contributed by atoms with E-state index < -0.39 is 0 Å². The second-order valence-electron chi connectivity index (χ2n) is 7.01. The first kappa shape index (κ1) is 14.5. The third-order valence-corrected chi connectivity index (χ3v) is 3.52. The fourth-order valence-corrected chi connectivity index (χ4v) is 2.37. The Morgan fingerprint density at radius 3 is 2.29 bits per heavy atom. The summed E-state index contributed by atoms with van der Waals surface area (Å²) in [6.07, 6.45) is 1.02. The molecule has 1 heterocycles. The van der Waals surface area contributed by atoms with Crippen molar-refractivity contribution in [3.05, 3.63) is 0 Å². The second-order valence-corrected chi connectivity index (χ2v) is 7.01. The van der Waals surface area contributed by atoms with E-state index in [1.165, 1.54) is 0 Å². The predicted octanol–water partition coefficient (Wildman–Crippen LogP) is 2.62. The van der Waals surface area contributed by atoms with Gasteiger partial charge in [0.1, 0.15) is 0 Å². The van der Waals surface area contributed by atoms with E-state index in [2.05, 4.69) is 46.9 Å². The van der Waals surface area contributed by atoms with Gasteiger partial charge in [0, 0.05) is 6.54 Å². The van der Waals surface area contributed by atoms with Gasteiger partial charge in [0.2, 0.25) is 5.91 Å². The molecule has 0 aromatic carbocycles. The van der Waals surface area contributed by atoms with E-state index in [0.717, 1.165) is 13.0 Å². The lowest BCUT2D eigenvalue weighted by Gasteiger charge is -2.32. The van der Waals surface area contributed by atoms with Crippen LogP contribution in [-0.4, -0.2) is 29.1 Å². The molecule has 1 N–H and O–H groups in total. The van der Waals surface area contributed by atoms with E-state index in [4.69, 9.17) is 0 Å². The standard InChI is InChI=1S/C14H28N2O/c1-8-14(7)12(17)16(9-13(4,5)6)11(15-14)10(2)3/h10-11,15H,8-9H2,1-7H3. The number of amides is 1. The highest BCUT2D eigenvalue weighted by Gasteiger charge is 2.48. The van der Waals surface area contributed by atoms with Gasteiger partial charge in [-0.15, -0.1) is 0 Å². The Morgan fingerprint density at radius 2 is 1.94 bits per heavy atom. The van der Waals surface area contributed by atoms with Gasteiger partial charge in [-0.2, -0.15) is 0 Å². The van der Waals surface area contributed by atoms with Gasteiger partial charge in [-0.3, -0.25) is 10.1 Å². The van der Waals surface area contributed by atoms with Crippen molar-refractivity contribution in [2.45, 2.75) is 66.6 Å². The van der Waals surface area contributed by atoms with Crippen LogP contribution in [0.25, 0.3) is 0 Å². The summed E-state index contributed by atoms with van der Waals surface area (Å²) in [5.41, 5.74) is -0.232. The van der Waals surface area contributed by atoms with Crippen LogP contribution in [0, 0.1) is 11.3 Å². The molecular formula is C14H28N2O. The van der Waals surface area contributed by atoms with Gasteiger partial charge in [-0.25, -0.2) is 0 Å². The summed E-state index contributed by atoms with van der Waals surface area (Å²) in [6.45, 7) is 15.8. The molecule has 100 valence electrons. The number of nitrogens with zero attached hydrogens (tertiary/aromatic N) is 1. The predicted molar refractivity (Wildman–Crippen MR) is 71.6 cm³/mol. The summed E-state index contributed by atoms with van der Waals surface area (Å²) < 4.78 is 0. The highest BCUT2D eigenvalue weighted by Crippen LogP contribution is 2.30. The van der Waals surface area contributed by atoms with E-state index in [1.54, 1.807) is 0 Å². The summed E-state index contributed by atoms with van der Waals surface area (Å²) in [6, 6.07) is 0. The van der Waals surface area contributed by atoms with Crippen LogP contribution < -0.4 is 5.32 Å². The minimum atomic E-state index is -0.375. The number of hydrogen-bond acceptors (Lipinski definition) is 2. The highest BCUT2D eigenvalue weighted by molar-refractivity contribution is 5.88. The lowest BCUT2D eigenvalue weighted by molar-refractivity contribution is -0.134. The number of carbonyl (C=O) groups is 1. The largest absolute Gasteiger partial charge is 0.325 e. The lowest BCUT2D eigenvalue weighted by Crippen LogP contribution is -2.45. The van der Waals surface area contributed by atoms with Crippen molar-refractivity contribution >= 4 is 5.91 Å². The van der Waals surface area contributed by atoms with E-state index in [-0.39, 0.29) is 23.0 Å². The van der Waals surface area contributed by atoms with Crippen LogP contribution in [0.15, 0.2) is 0 Å². The van der Waals surface area contributed by atoms with E-state index >= 15 is 0 Å². The molecule has 2 unspecified atom stereocenters. The van der Waals surface area contributed by atoms with Crippen molar-refractivity contribution in [2.75, 3.05) is 6.54 Å². The van der Waals surface area contributed by atoms with Gasteiger partial charge < -0.3 is 4.90 Å². The minimum Gasteiger partial charge on any atom is -0.325 e. The fourth-order valence-electron chi connectivity index (χ4n) is 2.37. The summed E-state index contributed by atoms with van der Waals surface area (Å²) in [7, 11) is 0. The molecule has 3 heteroatoms. The molecule has 1 amide bonds. The number of nitrogens with one attached hydrogen (secondary N) is 1. The van der Waals surface area contributed by atoms with Crippen molar-refractivity contribution in [3.63, 3.8) is 0 Å². The van der Waals surface area contributed by atoms with Gasteiger partial charge in [0.05, 0.1) is 11.7 Å². The van der Waals surface area contributed by atoms with Gasteiger partial charge in [-0.1, -0.05) is 41.5 Å². The smallest absolute Gasteiger partial charge is 0.243 e. The molecule has 0 aromatic rings. The van der Waals surface area contributed by atoms with Crippen LogP contribution in [0.4, 0.5) is 0 Å². The first-order valence-electron chi connectivity index (χ1n) is 6.69. The first-order valence-corrected chi connectivity index (χ1v) is 6.69. The van der Waals surface area contributed by atoms with E-state index in [0.29, 0.717) is 5.92 Å². The van der Waals surface area contributed by atoms with Crippen molar-refractivity contribution in [2.24, 2.45) is 11.3 Å². The van der Waals surface area contributed by atoms with Crippen LogP contribution >= 0.6 is 0 Å². The molecule has 0 radical (unpaired) electrons. The quantitative estimate of drug-likeness (QED) is 0.822. The van der Waals surface area contributed by atoms with Crippen LogP contribution in [0.5, 0.6) is 0 Å². The summed E-state index contributed by atoms with van der Waals surface area (Å²) >= 11 is 0. The average Bonchev–Trinajstić information content (AvgIpc) is 2.42. The molecule has 1 fully saturated rings. The second kappa shape index (κ2) is 4.60. The molecule has 1 saturated heterocycles. The van der Waals surface area contributed by atoms with Crippen molar-refractivity contribution in [3.8, 4) is 0 Å². The Balaban J connectivity index is 2.95. The van der Waals surface area contributed by atoms with E-state index in [9.17, 15) is 4.79 Å². The first-order chi connectivity index (χ1) is 7.60. The molecule has 17 heavy (non-hydrogen) atoms. The molecule has 0 aromatic heterocycles. The van der Waals surface area contributed by atoms with Gasteiger partial charge in [0.25, 0.3) is 0 Å². The maximum atomic E-state index is 12.5. The van der Waals surface area contributed by atoms with Gasteiger partial charge >= 0.3 is 0 Å². The molecule has 2 atom stereocenters. The molecule has 1 aliphatic heterocycles. The van der Waals surface area contributed by atoms with Crippen molar-refractivity contribution < 1.29 is 4.79 Å². The van der Waals surface area contributed by atoms with Gasteiger partial charge in [-0.05, 0) is 24.7 Å². The van der Waals surface area contributed by atoms with Crippen molar-refractivity contribution in [1.29, 1.82) is 0 Å². The third-order valence-electron chi connectivity index (χ3n) is 3.52. The third kappa shape index (κ3) is 3.01. The Bertz CT molecular complexity index is 293. The zero-order valence-electron chi connectivity index (χ0n) is 12.4. The van der Waals surface area contributed by atoms with Gasteiger partial charge in [0.15, 0.2) is 0 Å². The number of hydrogen-bond donors (Lipinski definition) is 1. The summed E-state index contributed by atoms with van der Waals surface area (Å²) in [5.74, 6) is 0.698. The summed E-state index contributed by atoms with van der Waals surface area (Å²) in [5, 5.41) is 3.52. The highest BCUT2D eigenvalue weighted by atomic mass is 16.2. The minimum absolute atomic E-state index is 0.142. The lowest BCUT2D eigenvalue weighted by atomic mass is 9.94. The Labute approximate surface area is 106 Å². The Hall–Kier alpha value is -0.570. The van der Waals surface area contributed by atoms with E-state index in [1.807, 2.05) is 11.8 Å². The molecular weight excluding hydrogens is 212 g/mol. The average molecular weight is 240 g/mol.